The van der Waals surface area contributed by atoms with Crippen molar-refractivity contribution in [3.8, 4) is 0 Å². The van der Waals surface area contributed by atoms with E-state index in [0.717, 1.165) is 23.7 Å². The lowest BCUT2D eigenvalue weighted by Gasteiger charge is -2.34. The van der Waals surface area contributed by atoms with E-state index in [4.69, 9.17) is 0 Å². The van der Waals surface area contributed by atoms with Crippen LogP contribution in [0.2, 0.25) is 0 Å². The normalized spacial score (nSPS) is 39.3. The molecule has 0 amide bonds. The largest absolute Gasteiger partial charge is 0.0620 e. The third kappa shape index (κ3) is 1.64. The van der Waals surface area contributed by atoms with Crippen LogP contribution in [-0.2, 0) is 12.8 Å². The van der Waals surface area contributed by atoms with Gasteiger partial charge in [0.1, 0.15) is 0 Å². The van der Waals surface area contributed by atoms with Gasteiger partial charge >= 0.3 is 0 Å². The van der Waals surface area contributed by atoms with Crippen LogP contribution in [0.3, 0.4) is 0 Å². The van der Waals surface area contributed by atoms with Crippen LogP contribution in [-0.4, -0.2) is 0 Å². The van der Waals surface area contributed by atoms with Gasteiger partial charge in [-0.1, -0.05) is 30.7 Å². The summed E-state index contributed by atoms with van der Waals surface area (Å²) in [6.07, 6.45) is 10.4. The van der Waals surface area contributed by atoms with Gasteiger partial charge in [0.05, 0.1) is 0 Å². The maximum atomic E-state index is 2.37. The Hall–Kier alpha value is -0.780. The second kappa shape index (κ2) is 3.86. The minimum absolute atomic E-state index is 1.01. The van der Waals surface area contributed by atoms with Gasteiger partial charge in [-0.15, -0.1) is 0 Å². The monoisotopic (exact) mass is 226 g/mol. The first-order valence-corrected chi connectivity index (χ1v) is 7.47. The van der Waals surface area contributed by atoms with Crippen molar-refractivity contribution in [1.29, 1.82) is 0 Å². The summed E-state index contributed by atoms with van der Waals surface area (Å²) in [6, 6.07) is 9.14. The molecular formula is C17H22. The smallest absolute Gasteiger partial charge is 0.0245 e. The number of hydrogen-bond acceptors (Lipinski definition) is 0. The standard InChI is InChI=1S/C17H22/c1-2-4-14-11-16(8-7-13(14)3-1)17-10-12-5-6-15(17)9-12/h1-4,12,15-17H,5-11H2. The summed E-state index contributed by atoms with van der Waals surface area (Å²) in [6.45, 7) is 0. The third-order valence-corrected chi connectivity index (χ3v) is 5.78. The summed E-state index contributed by atoms with van der Waals surface area (Å²) >= 11 is 0. The van der Waals surface area contributed by atoms with Crippen LogP contribution in [0.5, 0.6) is 0 Å². The molecule has 3 aliphatic carbocycles. The summed E-state index contributed by atoms with van der Waals surface area (Å²) < 4.78 is 0. The Bertz CT molecular complexity index is 420. The number of aryl methyl sites for hydroxylation is 1. The zero-order valence-corrected chi connectivity index (χ0v) is 10.6. The fraction of sp³-hybridized carbons (Fsp3) is 0.647. The second-order valence-electron chi connectivity index (χ2n) is 6.61. The molecule has 0 saturated heterocycles. The fourth-order valence-electron chi connectivity index (χ4n) is 4.96. The van der Waals surface area contributed by atoms with Gasteiger partial charge in [0.2, 0.25) is 0 Å². The van der Waals surface area contributed by atoms with Crippen LogP contribution in [0.1, 0.15) is 43.2 Å². The topological polar surface area (TPSA) is 0 Å². The van der Waals surface area contributed by atoms with E-state index < -0.39 is 0 Å². The highest BCUT2D eigenvalue weighted by Gasteiger charge is 2.43. The van der Waals surface area contributed by atoms with Crippen molar-refractivity contribution in [2.45, 2.75) is 44.9 Å². The molecule has 0 aliphatic heterocycles. The SMILES string of the molecule is c1ccc2c(c1)CCC(C1CC3CCC1C3)C2. The molecule has 90 valence electrons. The molecule has 4 atom stereocenters. The quantitative estimate of drug-likeness (QED) is 0.672. The number of fused-ring (bicyclic) bond motifs is 3. The lowest BCUT2D eigenvalue weighted by molar-refractivity contribution is 0.208. The summed E-state index contributed by atoms with van der Waals surface area (Å²) in [4.78, 5) is 0. The first-order valence-electron chi connectivity index (χ1n) is 7.47. The van der Waals surface area contributed by atoms with Crippen molar-refractivity contribution in [3.63, 3.8) is 0 Å². The fourth-order valence-corrected chi connectivity index (χ4v) is 4.96. The Morgan fingerprint density at radius 1 is 0.824 bits per heavy atom. The minimum atomic E-state index is 1.01. The average Bonchev–Trinajstić information content (AvgIpc) is 3.00. The van der Waals surface area contributed by atoms with Crippen LogP contribution in [0, 0.1) is 23.7 Å². The summed E-state index contributed by atoms with van der Waals surface area (Å²) in [5.74, 6) is 4.32. The van der Waals surface area contributed by atoms with Crippen molar-refractivity contribution in [1.82, 2.24) is 0 Å². The third-order valence-electron chi connectivity index (χ3n) is 5.78. The van der Waals surface area contributed by atoms with Crippen LogP contribution in [0.15, 0.2) is 24.3 Å². The van der Waals surface area contributed by atoms with Crippen molar-refractivity contribution >= 4 is 0 Å². The van der Waals surface area contributed by atoms with Gasteiger partial charge in [0, 0.05) is 0 Å². The van der Waals surface area contributed by atoms with E-state index in [2.05, 4.69) is 24.3 Å². The summed E-state index contributed by atoms with van der Waals surface area (Å²) in [5.41, 5.74) is 3.29. The van der Waals surface area contributed by atoms with Gasteiger partial charge in [-0.3, -0.25) is 0 Å². The van der Waals surface area contributed by atoms with Crippen LogP contribution in [0.4, 0.5) is 0 Å². The van der Waals surface area contributed by atoms with E-state index >= 15 is 0 Å². The van der Waals surface area contributed by atoms with E-state index in [-0.39, 0.29) is 0 Å². The van der Waals surface area contributed by atoms with Gasteiger partial charge in [-0.25, -0.2) is 0 Å². The van der Waals surface area contributed by atoms with Crippen molar-refractivity contribution < 1.29 is 0 Å². The maximum Gasteiger partial charge on any atom is -0.0245 e. The van der Waals surface area contributed by atoms with Gasteiger partial charge in [0.25, 0.3) is 0 Å². The molecule has 0 heteroatoms. The zero-order valence-electron chi connectivity index (χ0n) is 10.6. The molecule has 0 N–H and O–H groups in total. The van der Waals surface area contributed by atoms with E-state index in [9.17, 15) is 0 Å². The molecule has 4 rings (SSSR count). The first-order chi connectivity index (χ1) is 8.40. The van der Waals surface area contributed by atoms with Crippen molar-refractivity contribution in [2.75, 3.05) is 0 Å². The molecule has 0 nitrogen and oxygen atoms in total. The van der Waals surface area contributed by atoms with Crippen LogP contribution in [0.25, 0.3) is 0 Å². The molecule has 0 heterocycles. The van der Waals surface area contributed by atoms with E-state index in [0.29, 0.717) is 0 Å². The highest BCUT2D eigenvalue weighted by atomic mass is 14.5. The molecule has 0 radical (unpaired) electrons. The molecule has 2 bridgehead atoms. The van der Waals surface area contributed by atoms with Crippen LogP contribution >= 0.6 is 0 Å². The van der Waals surface area contributed by atoms with E-state index in [1.807, 2.05) is 0 Å². The summed E-state index contributed by atoms with van der Waals surface area (Å²) in [5, 5.41) is 0. The van der Waals surface area contributed by atoms with Crippen LogP contribution < -0.4 is 0 Å². The highest BCUT2D eigenvalue weighted by Crippen LogP contribution is 2.53. The Kier molecular flexibility index (Phi) is 2.31. The highest BCUT2D eigenvalue weighted by molar-refractivity contribution is 5.30. The van der Waals surface area contributed by atoms with Gasteiger partial charge < -0.3 is 0 Å². The molecular weight excluding hydrogens is 204 g/mol. The van der Waals surface area contributed by atoms with Gasteiger partial charge in [0.15, 0.2) is 0 Å². The maximum absolute atomic E-state index is 2.37. The minimum Gasteiger partial charge on any atom is -0.0620 e. The molecule has 0 spiro atoms. The number of rotatable bonds is 1. The Labute approximate surface area is 104 Å². The predicted molar refractivity (Wildman–Crippen MR) is 70.9 cm³/mol. The lowest BCUT2D eigenvalue weighted by atomic mass is 9.71. The molecule has 1 aromatic rings. The first kappa shape index (κ1) is 10.2. The molecule has 4 unspecified atom stereocenters. The van der Waals surface area contributed by atoms with Gasteiger partial charge in [-0.2, -0.15) is 0 Å². The second-order valence-corrected chi connectivity index (χ2v) is 6.61. The van der Waals surface area contributed by atoms with E-state index in [1.54, 1.807) is 36.8 Å². The van der Waals surface area contributed by atoms with Gasteiger partial charge in [-0.05, 0) is 73.3 Å². The Morgan fingerprint density at radius 2 is 1.71 bits per heavy atom. The zero-order chi connectivity index (χ0) is 11.2. The lowest BCUT2D eigenvalue weighted by Crippen LogP contribution is -2.26. The van der Waals surface area contributed by atoms with E-state index in [1.165, 1.54) is 19.3 Å². The van der Waals surface area contributed by atoms with Crippen molar-refractivity contribution in [3.05, 3.63) is 35.4 Å². The molecule has 0 aromatic heterocycles. The molecule has 17 heavy (non-hydrogen) atoms. The Balaban J connectivity index is 1.55. The molecule has 2 fully saturated rings. The predicted octanol–water partition coefficient (Wildman–Crippen LogP) is 4.23. The molecule has 2 saturated carbocycles. The van der Waals surface area contributed by atoms with Crippen molar-refractivity contribution in [2.24, 2.45) is 23.7 Å². The number of benzene rings is 1. The average molecular weight is 226 g/mol. The summed E-state index contributed by atoms with van der Waals surface area (Å²) in [7, 11) is 0. The molecule has 1 aromatic carbocycles. The Morgan fingerprint density at radius 3 is 2.47 bits per heavy atom. The number of hydrogen-bond donors (Lipinski definition) is 0. The molecule has 3 aliphatic rings.